The largest absolute Gasteiger partial charge is 0.345 e. The summed E-state index contributed by atoms with van der Waals surface area (Å²) in [5.41, 5.74) is 1.13. The number of rotatable bonds is 6. The minimum absolute atomic E-state index is 0.0441. The molecular formula is C20H33N5O2. The number of amides is 2. The second-order valence-electron chi connectivity index (χ2n) is 8.54. The zero-order valence-corrected chi connectivity index (χ0v) is 16.9. The first kappa shape index (κ1) is 19.8. The Kier molecular flexibility index (Phi) is 6.50. The number of aromatic nitrogens is 3. The third kappa shape index (κ3) is 5.08. The fraction of sp³-hybridized carbons (Fsp3) is 0.800. The fourth-order valence-corrected chi connectivity index (χ4v) is 4.39. The molecule has 2 amide bonds. The number of nitrogens with one attached hydrogen (secondary N) is 1. The number of carbonyl (C=O) groups is 2. The van der Waals surface area contributed by atoms with Gasteiger partial charge >= 0.3 is 0 Å². The van der Waals surface area contributed by atoms with Gasteiger partial charge in [0.2, 0.25) is 11.8 Å². The third-order valence-electron chi connectivity index (χ3n) is 5.83. The molecule has 3 rings (SSSR count). The van der Waals surface area contributed by atoms with Crippen LogP contribution in [-0.4, -0.2) is 50.8 Å². The van der Waals surface area contributed by atoms with Crippen molar-refractivity contribution in [3.63, 3.8) is 0 Å². The summed E-state index contributed by atoms with van der Waals surface area (Å²) in [7, 11) is 0. The molecule has 0 radical (unpaired) electrons. The van der Waals surface area contributed by atoms with Crippen molar-refractivity contribution >= 4 is 11.8 Å². The molecule has 1 aromatic rings. The van der Waals surface area contributed by atoms with E-state index >= 15 is 0 Å². The second kappa shape index (κ2) is 8.85. The molecule has 1 atom stereocenters. The zero-order valence-electron chi connectivity index (χ0n) is 16.9. The second-order valence-corrected chi connectivity index (χ2v) is 8.54. The zero-order chi connectivity index (χ0) is 19.4. The number of piperidine rings is 1. The van der Waals surface area contributed by atoms with Gasteiger partial charge in [-0.3, -0.25) is 9.59 Å². The Morgan fingerprint density at radius 3 is 2.44 bits per heavy atom. The van der Waals surface area contributed by atoms with E-state index in [1.54, 1.807) is 0 Å². The molecule has 2 fully saturated rings. The van der Waals surface area contributed by atoms with Gasteiger partial charge in [-0.05, 0) is 38.0 Å². The summed E-state index contributed by atoms with van der Waals surface area (Å²) in [6, 6.07) is -0.111. The Labute approximate surface area is 161 Å². The molecule has 1 aliphatic heterocycles. The van der Waals surface area contributed by atoms with Crippen molar-refractivity contribution in [3.8, 4) is 0 Å². The molecule has 0 bridgehead atoms. The number of carbonyl (C=O) groups excluding carboxylic acids is 2. The Hall–Kier alpha value is -1.92. The van der Waals surface area contributed by atoms with E-state index in [2.05, 4.69) is 35.7 Å². The van der Waals surface area contributed by atoms with E-state index in [0.717, 1.165) is 18.5 Å². The maximum absolute atomic E-state index is 12.9. The minimum Gasteiger partial charge on any atom is -0.345 e. The average molecular weight is 376 g/mol. The quantitative estimate of drug-likeness (QED) is 0.829. The lowest BCUT2D eigenvalue weighted by atomic mass is 9.99. The highest BCUT2D eigenvalue weighted by molar-refractivity contribution is 5.86. The lowest BCUT2D eigenvalue weighted by Crippen LogP contribution is -2.51. The molecule has 1 N–H and O–H groups in total. The Morgan fingerprint density at radius 2 is 1.85 bits per heavy atom. The van der Waals surface area contributed by atoms with Crippen molar-refractivity contribution in [1.29, 1.82) is 0 Å². The van der Waals surface area contributed by atoms with E-state index in [-0.39, 0.29) is 11.8 Å². The lowest BCUT2D eigenvalue weighted by molar-refractivity contribution is -0.137. The smallest absolute Gasteiger partial charge is 0.245 e. The summed E-state index contributed by atoms with van der Waals surface area (Å²) in [4.78, 5) is 26.2. The van der Waals surface area contributed by atoms with Crippen molar-refractivity contribution in [1.82, 2.24) is 25.2 Å². The standard InChI is InChI=1S/C20H33N5O2/c1-14(2)12-18(21-15(3)26)20(27)24-10-8-17(9-11-24)25-13-19(22-23-25)16-6-4-5-7-16/h13-14,16-18H,4-12H2,1-3H3,(H,21,26). The molecule has 150 valence electrons. The molecule has 1 saturated carbocycles. The molecule has 7 heteroatoms. The van der Waals surface area contributed by atoms with Crippen LogP contribution in [0.1, 0.15) is 83.4 Å². The van der Waals surface area contributed by atoms with Gasteiger partial charge in [0, 0.05) is 32.1 Å². The number of hydrogen-bond donors (Lipinski definition) is 1. The summed E-state index contributed by atoms with van der Waals surface area (Å²) in [5.74, 6) is 0.830. The molecule has 7 nitrogen and oxygen atoms in total. The van der Waals surface area contributed by atoms with Crippen LogP contribution in [0.15, 0.2) is 6.20 Å². The van der Waals surface area contributed by atoms with E-state index in [9.17, 15) is 9.59 Å². The average Bonchev–Trinajstić information content (AvgIpc) is 3.31. The van der Waals surface area contributed by atoms with Crippen LogP contribution in [0.2, 0.25) is 0 Å². The summed E-state index contributed by atoms with van der Waals surface area (Å²) >= 11 is 0. The van der Waals surface area contributed by atoms with Crippen molar-refractivity contribution in [2.24, 2.45) is 5.92 Å². The summed E-state index contributed by atoms with van der Waals surface area (Å²) < 4.78 is 2.01. The van der Waals surface area contributed by atoms with Gasteiger partial charge in [-0.1, -0.05) is 31.9 Å². The molecule has 2 heterocycles. The Bertz CT molecular complexity index is 643. The van der Waals surface area contributed by atoms with Gasteiger partial charge in [-0.2, -0.15) is 0 Å². The van der Waals surface area contributed by atoms with E-state index in [1.165, 1.54) is 32.6 Å². The van der Waals surface area contributed by atoms with Crippen LogP contribution >= 0.6 is 0 Å². The van der Waals surface area contributed by atoms with Crippen LogP contribution in [0.25, 0.3) is 0 Å². The van der Waals surface area contributed by atoms with Crippen LogP contribution in [0.5, 0.6) is 0 Å². The van der Waals surface area contributed by atoms with Crippen LogP contribution in [0.4, 0.5) is 0 Å². The molecule has 27 heavy (non-hydrogen) atoms. The van der Waals surface area contributed by atoms with Crippen LogP contribution in [0.3, 0.4) is 0 Å². The first-order valence-electron chi connectivity index (χ1n) is 10.4. The molecule has 1 unspecified atom stereocenters. The number of nitrogens with zero attached hydrogens (tertiary/aromatic N) is 4. The highest BCUT2D eigenvalue weighted by Gasteiger charge is 2.30. The molecule has 1 saturated heterocycles. The first-order valence-corrected chi connectivity index (χ1v) is 10.4. The predicted molar refractivity (Wildman–Crippen MR) is 103 cm³/mol. The van der Waals surface area contributed by atoms with E-state index in [1.807, 2.05) is 9.58 Å². The van der Waals surface area contributed by atoms with Crippen LogP contribution in [0, 0.1) is 5.92 Å². The van der Waals surface area contributed by atoms with Crippen molar-refractivity contribution in [3.05, 3.63) is 11.9 Å². The normalized spacial score (nSPS) is 20.2. The number of likely N-dealkylation sites (tertiary alicyclic amines) is 1. The van der Waals surface area contributed by atoms with Gasteiger partial charge in [0.15, 0.2) is 0 Å². The van der Waals surface area contributed by atoms with Gasteiger partial charge in [0.05, 0.1) is 11.7 Å². The fourth-order valence-electron chi connectivity index (χ4n) is 4.39. The molecule has 1 aromatic heterocycles. The topological polar surface area (TPSA) is 80.1 Å². The van der Waals surface area contributed by atoms with Gasteiger partial charge in [-0.25, -0.2) is 4.68 Å². The highest BCUT2D eigenvalue weighted by atomic mass is 16.2. The summed E-state index contributed by atoms with van der Waals surface area (Å²) in [5, 5.41) is 11.6. The summed E-state index contributed by atoms with van der Waals surface area (Å²) in [6.07, 6.45) is 9.61. The maximum Gasteiger partial charge on any atom is 0.245 e. The first-order chi connectivity index (χ1) is 12.9. The number of hydrogen-bond acceptors (Lipinski definition) is 4. The van der Waals surface area contributed by atoms with Gasteiger partial charge < -0.3 is 10.2 Å². The summed E-state index contributed by atoms with van der Waals surface area (Å²) in [6.45, 7) is 7.02. The highest BCUT2D eigenvalue weighted by Crippen LogP contribution is 2.33. The van der Waals surface area contributed by atoms with Gasteiger partial charge in [0.25, 0.3) is 0 Å². The Balaban J connectivity index is 1.55. The maximum atomic E-state index is 12.9. The molecule has 1 aliphatic carbocycles. The predicted octanol–water partition coefficient (Wildman–Crippen LogP) is 2.65. The van der Waals surface area contributed by atoms with E-state index in [0.29, 0.717) is 37.4 Å². The van der Waals surface area contributed by atoms with Gasteiger partial charge in [0.1, 0.15) is 6.04 Å². The van der Waals surface area contributed by atoms with Crippen LogP contribution in [-0.2, 0) is 9.59 Å². The Morgan fingerprint density at radius 1 is 1.19 bits per heavy atom. The van der Waals surface area contributed by atoms with Crippen molar-refractivity contribution < 1.29 is 9.59 Å². The van der Waals surface area contributed by atoms with Gasteiger partial charge in [-0.15, -0.1) is 5.10 Å². The van der Waals surface area contributed by atoms with E-state index < -0.39 is 6.04 Å². The molecule has 0 spiro atoms. The lowest BCUT2D eigenvalue weighted by Gasteiger charge is -2.34. The monoisotopic (exact) mass is 375 g/mol. The van der Waals surface area contributed by atoms with E-state index in [4.69, 9.17) is 0 Å². The third-order valence-corrected chi connectivity index (χ3v) is 5.83. The minimum atomic E-state index is -0.417. The van der Waals surface area contributed by atoms with Crippen molar-refractivity contribution in [2.75, 3.05) is 13.1 Å². The van der Waals surface area contributed by atoms with Crippen LogP contribution < -0.4 is 5.32 Å². The SMILES string of the molecule is CC(=O)NC(CC(C)C)C(=O)N1CCC(n2cc(C3CCCC3)nn2)CC1. The molecule has 2 aliphatic rings. The molecular weight excluding hydrogens is 342 g/mol. The molecule has 0 aromatic carbocycles. The van der Waals surface area contributed by atoms with Crippen molar-refractivity contribution in [2.45, 2.75) is 83.7 Å².